The highest BCUT2D eigenvalue weighted by atomic mass is 35.5. The molecule has 6 atom stereocenters. The molecule has 1 aromatic heterocycles. The van der Waals surface area contributed by atoms with Gasteiger partial charge in [0, 0.05) is 49.6 Å². The summed E-state index contributed by atoms with van der Waals surface area (Å²) in [6.07, 6.45) is 16.2. The van der Waals surface area contributed by atoms with Crippen molar-refractivity contribution in [1.82, 2.24) is 14.8 Å². The molecule has 336 valence electrons. The number of hydrogen-bond donors (Lipinski definition) is 4. The number of nitrogens with two attached hydrogens (primary N) is 1. The SMILES string of the molecule is CC1C(COC2=C(Cl)C=C(CCN3CCCCC3C(=O)O)[C@H](C)C(OCc3cncc(C(N)=O)c3)=C2)CCCC1C1=CC#CCC(OCCCN2CCC(CO)(C(=O)O)C2)=C1Cl. The fourth-order valence-corrected chi connectivity index (χ4v) is 9.95. The summed E-state index contributed by atoms with van der Waals surface area (Å²) in [5.74, 6) is 6.04. The molecule has 13 nitrogen and oxygen atoms in total. The molecule has 5 aliphatic rings. The second-order valence-electron chi connectivity index (χ2n) is 17.3. The number of nitrogens with zero attached hydrogens (tertiary/aromatic N) is 3. The van der Waals surface area contributed by atoms with Crippen molar-refractivity contribution in [3.63, 3.8) is 0 Å². The molecule has 6 rings (SSSR count). The van der Waals surface area contributed by atoms with Crippen LogP contribution in [0.3, 0.4) is 0 Å². The van der Waals surface area contributed by atoms with E-state index in [0.717, 1.165) is 49.8 Å². The second kappa shape index (κ2) is 21.8. The summed E-state index contributed by atoms with van der Waals surface area (Å²) in [6, 6.07) is 1.15. The smallest absolute Gasteiger partial charge is 0.320 e. The number of likely N-dealkylation sites (tertiary alicyclic amines) is 2. The van der Waals surface area contributed by atoms with Gasteiger partial charge in [-0.25, -0.2) is 0 Å². The molecule has 5 N–H and O–H groups in total. The van der Waals surface area contributed by atoms with E-state index in [0.29, 0.717) is 104 Å². The number of ether oxygens (including phenoxy) is 3. The fraction of sp³-hybridized carbons (Fsp3) is 0.574. The minimum atomic E-state index is -1.10. The number of rotatable bonds is 19. The molecule has 3 aliphatic carbocycles. The molecular weight excluding hydrogens is 835 g/mol. The third-order valence-electron chi connectivity index (χ3n) is 13.4. The van der Waals surface area contributed by atoms with Gasteiger partial charge in [0.1, 0.15) is 35.3 Å². The molecule has 5 unspecified atom stereocenters. The van der Waals surface area contributed by atoms with Gasteiger partial charge in [-0.15, -0.1) is 0 Å². The van der Waals surface area contributed by atoms with Crippen LogP contribution in [-0.2, 0) is 30.4 Å². The number of aliphatic hydroxyl groups excluding tert-OH is 1. The zero-order valence-electron chi connectivity index (χ0n) is 35.8. The Labute approximate surface area is 374 Å². The van der Waals surface area contributed by atoms with Gasteiger partial charge < -0.3 is 40.2 Å². The molecular formula is C47H60Cl2N4O9. The topological polar surface area (TPSA) is 185 Å². The summed E-state index contributed by atoms with van der Waals surface area (Å²) >= 11 is 14.2. The third-order valence-corrected chi connectivity index (χ3v) is 14.1. The van der Waals surface area contributed by atoms with Gasteiger partial charge in [-0.05, 0) is 99.6 Å². The molecule has 2 aliphatic heterocycles. The number of allylic oxidation sites excluding steroid dienone is 8. The predicted octanol–water partition coefficient (Wildman–Crippen LogP) is 6.97. The summed E-state index contributed by atoms with van der Waals surface area (Å²) in [5.41, 5.74) is 7.33. The largest absolute Gasteiger partial charge is 0.495 e. The molecule has 1 saturated carbocycles. The second-order valence-corrected chi connectivity index (χ2v) is 18.1. The van der Waals surface area contributed by atoms with Crippen LogP contribution in [0.5, 0.6) is 0 Å². The Morgan fingerprint density at radius 1 is 1.02 bits per heavy atom. The number of aromatic nitrogens is 1. The van der Waals surface area contributed by atoms with E-state index in [4.69, 9.17) is 43.1 Å². The number of carbonyl (C=O) groups excluding carboxylic acids is 1. The van der Waals surface area contributed by atoms with Crippen molar-refractivity contribution >= 4 is 41.0 Å². The van der Waals surface area contributed by atoms with Crippen LogP contribution in [-0.4, -0.2) is 107 Å². The minimum Gasteiger partial charge on any atom is -0.495 e. The maximum atomic E-state index is 12.1. The van der Waals surface area contributed by atoms with E-state index in [1.807, 2.05) is 30.1 Å². The first-order valence-electron chi connectivity index (χ1n) is 21.8. The predicted molar refractivity (Wildman–Crippen MR) is 235 cm³/mol. The Balaban J connectivity index is 1.13. The summed E-state index contributed by atoms with van der Waals surface area (Å²) in [7, 11) is 0. The Bertz CT molecular complexity index is 2050. The number of piperidine rings is 1. The quantitative estimate of drug-likeness (QED) is 0.0828. The van der Waals surface area contributed by atoms with Gasteiger partial charge in [0.05, 0.1) is 41.9 Å². The van der Waals surface area contributed by atoms with Gasteiger partial charge in [0.2, 0.25) is 5.91 Å². The first kappa shape index (κ1) is 47.2. The number of halogens is 2. The van der Waals surface area contributed by atoms with Gasteiger partial charge in [-0.1, -0.05) is 67.3 Å². The molecule has 0 bridgehead atoms. The zero-order valence-corrected chi connectivity index (χ0v) is 37.3. The van der Waals surface area contributed by atoms with Crippen molar-refractivity contribution in [2.45, 2.75) is 90.7 Å². The van der Waals surface area contributed by atoms with Gasteiger partial charge >= 0.3 is 11.9 Å². The maximum absolute atomic E-state index is 12.1. The number of amides is 1. The Morgan fingerprint density at radius 2 is 1.84 bits per heavy atom. The lowest BCUT2D eigenvalue weighted by atomic mass is 9.70. The van der Waals surface area contributed by atoms with Crippen LogP contribution < -0.4 is 5.73 Å². The van der Waals surface area contributed by atoms with Crippen LogP contribution in [0, 0.1) is 40.9 Å². The van der Waals surface area contributed by atoms with E-state index >= 15 is 0 Å². The van der Waals surface area contributed by atoms with Gasteiger partial charge in [0.25, 0.3) is 0 Å². The Kier molecular flexibility index (Phi) is 16.6. The average Bonchev–Trinajstić information content (AvgIpc) is 3.56. The summed E-state index contributed by atoms with van der Waals surface area (Å²) in [5, 5.41) is 30.3. The van der Waals surface area contributed by atoms with Crippen molar-refractivity contribution in [3.8, 4) is 11.8 Å². The maximum Gasteiger partial charge on any atom is 0.320 e. The van der Waals surface area contributed by atoms with Crippen molar-refractivity contribution < 1.29 is 43.9 Å². The Morgan fingerprint density at radius 3 is 2.58 bits per heavy atom. The van der Waals surface area contributed by atoms with Crippen LogP contribution in [0.15, 0.2) is 75.2 Å². The summed E-state index contributed by atoms with van der Waals surface area (Å²) in [4.78, 5) is 43.9. The molecule has 3 fully saturated rings. The highest BCUT2D eigenvalue weighted by molar-refractivity contribution is 6.32. The zero-order chi connectivity index (χ0) is 44.4. The first-order valence-corrected chi connectivity index (χ1v) is 22.6. The van der Waals surface area contributed by atoms with Crippen LogP contribution in [0.1, 0.15) is 94.0 Å². The molecule has 1 amide bonds. The van der Waals surface area contributed by atoms with E-state index in [9.17, 15) is 29.7 Å². The number of carboxylic acid groups (broad SMARTS) is 2. The van der Waals surface area contributed by atoms with Crippen molar-refractivity contribution in [2.24, 2.45) is 34.8 Å². The summed E-state index contributed by atoms with van der Waals surface area (Å²) < 4.78 is 19.3. The normalized spacial score (nSPS) is 27.2. The molecule has 3 heterocycles. The van der Waals surface area contributed by atoms with Crippen LogP contribution in [0.2, 0.25) is 0 Å². The number of aliphatic hydroxyl groups is 1. The number of carboxylic acids is 2. The highest BCUT2D eigenvalue weighted by Crippen LogP contribution is 2.44. The van der Waals surface area contributed by atoms with E-state index in [1.54, 1.807) is 12.3 Å². The lowest BCUT2D eigenvalue weighted by molar-refractivity contribution is -0.150. The summed E-state index contributed by atoms with van der Waals surface area (Å²) in [6.45, 7) is 7.72. The van der Waals surface area contributed by atoms with E-state index in [2.05, 4.69) is 28.6 Å². The lowest BCUT2D eigenvalue weighted by Crippen LogP contribution is -2.45. The number of aliphatic carboxylic acids is 2. The Hall–Kier alpha value is -4.32. The molecule has 2 saturated heterocycles. The number of primary amides is 1. The molecule has 62 heavy (non-hydrogen) atoms. The van der Waals surface area contributed by atoms with Gasteiger partial charge in [-0.3, -0.25) is 24.3 Å². The van der Waals surface area contributed by atoms with Crippen molar-refractivity contribution in [2.75, 3.05) is 52.5 Å². The molecule has 0 spiro atoms. The number of pyridine rings is 1. The van der Waals surface area contributed by atoms with Gasteiger partial charge in [0.15, 0.2) is 0 Å². The molecule has 0 aromatic carbocycles. The molecule has 15 heteroatoms. The first-order chi connectivity index (χ1) is 29.8. The molecule has 1 aromatic rings. The third kappa shape index (κ3) is 11.6. The molecule has 0 radical (unpaired) electrons. The van der Waals surface area contributed by atoms with Crippen LogP contribution >= 0.6 is 23.2 Å². The lowest BCUT2D eigenvalue weighted by Gasteiger charge is -2.37. The minimum absolute atomic E-state index is 0.122. The van der Waals surface area contributed by atoms with E-state index in [1.165, 1.54) is 6.20 Å². The standard InChI is InChI=1S/C47H60Cl2N4O9/c1-30-34(9-7-11-36(30)37-10-3-4-13-40(43(37)49)60-20-8-16-52-19-15-47(28-52,29-54)46(58)59)27-62-42-23-41(61-26-32-21-35(44(50)55)25-51-24-32)31(2)33(22-38(42)48)14-18-53-17-6-5-12-39(53)45(56)57/h10,21-25,30-31,34,36,39,54H,5-9,11-20,26-29H2,1-2H3,(H2,50,55)(H,56,57)(H,58,59)/t30?,31-,34?,36?,39?,47?/m0/s1. The van der Waals surface area contributed by atoms with E-state index in [-0.39, 0.29) is 42.4 Å². The average molecular weight is 896 g/mol. The fourth-order valence-electron chi connectivity index (χ4n) is 9.38. The monoisotopic (exact) mass is 894 g/mol. The number of carbonyl (C=O) groups is 3. The number of hydrogen-bond acceptors (Lipinski definition) is 10. The van der Waals surface area contributed by atoms with Gasteiger partial charge in [-0.2, -0.15) is 0 Å². The van der Waals surface area contributed by atoms with Crippen LogP contribution in [0.25, 0.3) is 0 Å². The van der Waals surface area contributed by atoms with Crippen molar-refractivity contribution in [1.29, 1.82) is 0 Å². The highest BCUT2D eigenvalue weighted by Gasteiger charge is 2.44. The van der Waals surface area contributed by atoms with Crippen molar-refractivity contribution in [3.05, 3.63) is 86.3 Å². The van der Waals surface area contributed by atoms with Crippen LogP contribution in [0.4, 0.5) is 0 Å². The van der Waals surface area contributed by atoms with E-state index < -0.39 is 29.3 Å².